The van der Waals surface area contributed by atoms with E-state index in [2.05, 4.69) is 16.0 Å². The van der Waals surface area contributed by atoms with Crippen LogP contribution in [0, 0.1) is 29.0 Å². The van der Waals surface area contributed by atoms with Gasteiger partial charge in [0.15, 0.2) is 0 Å². The summed E-state index contributed by atoms with van der Waals surface area (Å²) in [5, 5.41) is 17.9. The lowest BCUT2D eigenvalue weighted by Gasteiger charge is -2.35. The predicted octanol–water partition coefficient (Wildman–Crippen LogP) is 3.36. The number of nitrogens with one attached hydrogen (secondary N) is 1. The molecule has 3 atom stereocenters. The van der Waals surface area contributed by atoms with E-state index in [1.54, 1.807) is 12.3 Å². The van der Waals surface area contributed by atoms with Gasteiger partial charge in [0.25, 0.3) is 0 Å². The first-order valence-electron chi connectivity index (χ1n) is 8.15. The first-order valence-corrected chi connectivity index (χ1v) is 8.15. The molecule has 5 nitrogen and oxygen atoms in total. The Kier molecular flexibility index (Phi) is 4.66. The number of carboxylic acids is 1. The highest BCUT2D eigenvalue weighted by molar-refractivity contribution is 5.88. The van der Waals surface area contributed by atoms with Crippen LogP contribution in [0.4, 0.5) is 4.39 Å². The van der Waals surface area contributed by atoms with Gasteiger partial charge < -0.3 is 10.1 Å². The number of aromatic carboxylic acids is 1. The fraction of sp³-hybridized carbons (Fsp3) is 0.316. The summed E-state index contributed by atoms with van der Waals surface area (Å²) in [5.41, 5.74) is 1.70. The van der Waals surface area contributed by atoms with Crippen LogP contribution in [0.25, 0.3) is 11.1 Å². The molecule has 1 aromatic carbocycles. The normalized spacial score (nSPS) is 21.2. The third-order valence-corrected chi connectivity index (χ3v) is 4.77. The summed E-state index contributed by atoms with van der Waals surface area (Å²) in [4.78, 5) is 18.6. The number of carboxylic acid groups (broad SMARTS) is 1. The van der Waals surface area contributed by atoms with Gasteiger partial charge >= 0.3 is 5.97 Å². The molecule has 0 spiro atoms. The van der Waals surface area contributed by atoms with E-state index in [4.69, 9.17) is 10.4 Å². The lowest BCUT2D eigenvalue weighted by molar-refractivity contribution is 0.0692. The molecule has 1 saturated carbocycles. The highest BCUT2D eigenvalue weighted by Gasteiger charge is 2.34. The quantitative estimate of drug-likeness (QED) is 0.895. The number of aromatic amines is 1. The number of H-pyrrole nitrogens is 1. The van der Waals surface area contributed by atoms with Gasteiger partial charge in [-0.3, -0.25) is 4.99 Å². The van der Waals surface area contributed by atoms with Crippen molar-refractivity contribution in [1.82, 2.24) is 4.98 Å². The number of aromatic nitrogens is 1. The number of pyridine rings is 1. The molecule has 128 valence electrons. The van der Waals surface area contributed by atoms with Crippen molar-refractivity contribution in [3.05, 3.63) is 53.4 Å². The zero-order valence-electron chi connectivity index (χ0n) is 13.7. The van der Waals surface area contributed by atoms with Gasteiger partial charge in [0.2, 0.25) is 0 Å². The van der Waals surface area contributed by atoms with Crippen molar-refractivity contribution in [2.24, 2.45) is 16.8 Å². The summed E-state index contributed by atoms with van der Waals surface area (Å²) in [7, 11) is 0. The van der Waals surface area contributed by atoms with Crippen LogP contribution in [0.5, 0.6) is 0 Å². The molecule has 2 unspecified atom stereocenters. The third-order valence-electron chi connectivity index (χ3n) is 4.77. The van der Waals surface area contributed by atoms with Gasteiger partial charge in [0, 0.05) is 12.1 Å². The minimum Gasteiger partial charge on any atom is -0.478 e. The maximum Gasteiger partial charge on any atom is 0.338 e. The number of rotatable bonds is 4. The average molecular weight is 339 g/mol. The summed E-state index contributed by atoms with van der Waals surface area (Å²) in [6.07, 6.45) is 3.72. The zero-order chi connectivity index (χ0) is 18.0. The average Bonchev–Trinajstić information content (AvgIpc) is 2.58. The number of hydrogen-bond donors (Lipinski definition) is 2. The van der Waals surface area contributed by atoms with Crippen LogP contribution < -0.4 is 5.49 Å². The van der Waals surface area contributed by atoms with Crippen molar-refractivity contribution in [3.63, 3.8) is 0 Å². The predicted molar refractivity (Wildman–Crippen MR) is 90.0 cm³/mol. The van der Waals surface area contributed by atoms with Crippen LogP contribution in [0.1, 0.15) is 30.1 Å². The summed E-state index contributed by atoms with van der Waals surface area (Å²) >= 11 is 0. The SMILES string of the molecule is CC(C#N)[C@H]1CCC1N=c1ccc(-c2ccc(C(=O)O)c(F)c2)c[nH]1. The molecule has 2 aromatic rings. The van der Waals surface area contributed by atoms with Crippen LogP contribution in [0.2, 0.25) is 0 Å². The number of carbonyl (C=O) groups is 1. The fourth-order valence-electron chi connectivity index (χ4n) is 3.07. The molecule has 0 bridgehead atoms. The lowest BCUT2D eigenvalue weighted by atomic mass is 9.73. The van der Waals surface area contributed by atoms with Crippen molar-refractivity contribution >= 4 is 5.97 Å². The molecule has 2 N–H and O–H groups in total. The van der Waals surface area contributed by atoms with Crippen molar-refractivity contribution in [1.29, 1.82) is 5.26 Å². The second-order valence-corrected chi connectivity index (χ2v) is 6.32. The molecule has 3 rings (SSSR count). The zero-order valence-corrected chi connectivity index (χ0v) is 13.7. The Morgan fingerprint density at radius 1 is 1.36 bits per heavy atom. The number of benzene rings is 1. The molecular formula is C19H18FN3O2. The van der Waals surface area contributed by atoms with Gasteiger partial charge in [-0.15, -0.1) is 0 Å². The van der Waals surface area contributed by atoms with E-state index in [-0.39, 0.29) is 17.5 Å². The smallest absolute Gasteiger partial charge is 0.338 e. The topological polar surface area (TPSA) is 89.2 Å². The second kappa shape index (κ2) is 6.89. The summed E-state index contributed by atoms with van der Waals surface area (Å²) in [6, 6.07) is 10.1. The molecular weight excluding hydrogens is 321 g/mol. The molecule has 0 amide bonds. The van der Waals surface area contributed by atoms with Crippen LogP contribution in [-0.4, -0.2) is 22.1 Å². The molecule has 1 aromatic heterocycles. The molecule has 1 fully saturated rings. The Bertz CT molecular complexity index is 893. The van der Waals surface area contributed by atoms with E-state index in [9.17, 15) is 9.18 Å². The summed E-state index contributed by atoms with van der Waals surface area (Å²) in [6.45, 7) is 1.93. The van der Waals surface area contributed by atoms with Gasteiger partial charge in [-0.1, -0.05) is 6.07 Å². The minimum absolute atomic E-state index is 0.00232. The van der Waals surface area contributed by atoms with Crippen molar-refractivity contribution in [2.75, 3.05) is 0 Å². The first-order chi connectivity index (χ1) is 12.0. The van der Waals surface area contributed by atoms with Gasteiger partial charge in [-0.25, -0.2) is 9.18 Å². The Morgan fingerprint density at radius 3 is 2.64 bits per heavy atom. The molecule has 0 aliphatic heterocycles. The largest absolute Gasteiger partial charge is 0.478 e. The highest BCUT2D eigenvalue weighted by atomic mass is 19.1. The maximum atomic E-state index is 13.8. The van der Waals surface area contributed by atoms with Crippen molar-refractivity contribution in [2.45, 2.75) is 25.8 Å². The van der Waals surface area contributed by atoms with Crippen LogP contribution >= 0.6 is 0 Å². The third kappa shape index (κ3) is 3.45. The standard InChI is InChI=1S/C19H18FN3O2/c1-11(9-21)14-5-6-17(14)23-18-7-3-13(10-22-18)12-2-4-15(19(24)25)16(20)8-12/h2-4,7-8,10-11,14,17H,5-6H2,1H3,(H,22,23)(H,24,25)/t11?,14-,17?/m1/s1. The van der Waals surface area contributed by atoms with Gasteiger partial charge in [0.05, 0.1) is 17.7 Å². The Morgan fingerprint density at radius 2 is 2.12 bits per heavy atom. The van der Waals surface area contributed by atoms with Crippen molar-refractivity contribution in [3.8, 4) is 17.2 Å². The van der Waals surface area contributed by atoms with Crippen LogP contribution in [0.3, 0.4) is 0 Å². The number of halogens is 1. The highest BCUT2D eigenvalue weighted by Crippen LogP contribution is 2.35. The molecule has 1 aliphatic carbocycles. The van der Waals surface area contributed by atoms with E-state index in [1.807, 2.05) is 19.1 Å². The number of nitriles is 1. The monoisotopic (exact) mass is 339 g/mol. The Hall–Kier alpha value is -2.94. The van der Waals surface area contributed by atoms with E-state index < -0.39 is 11.8 Å². The first kappa shape index (κ1) is 16.9. The molecule has 0 saturated heterocycles. The number of nitrogens with zero attached hydrogens (tertiary/aromatic N) is 2. The minimum atomic E-state index is -1.29. The Balaban J connectivity index is 1.81. The molecule has 6 heteroatoms. The molecule has 0 radical (unpaired) electrons. The molecule has 25 heavy (non-hydrogen) atoms. The number of hydrogen-bond acceptors (Lipinski definition) is 3. The molecule has 1 aliphatic rings. The van der Waals surface area contributed by atoms with E-state index >= 15 is 0 Å². The molecule has 1 heterocycles. The maximum absolute atomic E-state index is 13.8. The van der Waals surface area contributed by atoms with E-state index in [1.165, 1.54) is 12.1 Å². The fourth-order valence-corrected chi connectivity index (χ4v) is 3.07. The Labute approximate surface area is 144 Å². The van der Waals surface area contributed by atoms with Gasteiger partial charge in [0.1, 0.15) is 11.3 Å². The summed E-state index contributed by atoms with van der Waals surface area (Å²) < 4.78 is 13.8. The lowest BCUT2D eigenvalue weighted by Crippen LogP contribution is -2.36. The van der Waals surface area contributed by atoms with E-state index in [0.29, 0.717) is 17.0 Å². The van der Waals surface area contributed by atoms with Gasteiger partial charge in [-0.2, -0.15) is 5.26 Å². The van der Waals surface area contributed by atoms with Crippen molar-refractivity contribution < 1.29 is 14.3 Å². The van der Waals surface area contributed by atoms with Gasteiger partial charge in [-0.05, 0) is 61.1 Å². The van der Waals surface area contributed by atoms with E-state index in [0.717, 1.165) is 18.4 Å². The second-order valence-electron chi connectivity index (χ2n) is 6.32. The van der Waals surface area contributed by atoms with Crippen LogP contribution in [0.15, 0.2) is 41.5 Å². The van der Waals surface area contributed by atoms with Crippen LogP contribution in [-0.2, 0) is 0 Å². The summed E-state index contributed by atoms with van der Waals surface area (Å²) in [5.74, 6) is -1.75.